The Balaban J connectivity index is -0.000000925. The molecule has 4 fully saturated rings. The van der Waals surface area contributed by atoms with Crippen molar-refractivity contribution < 1.29 is 68.6 Å². The Hall–Kier alpha value is -3.59. The monoisotopic (exact) mass is 1280 g/mol. The second kappa shape index (κ2) is 44.8. The minimum atomic E-state index is -2.29. The molecule has 3 heterocycles. The van der Waals surface area contributed by atoms with Gasteiger partial charge in [0.05, 0.1) is 23.7 Å². The van der Waals surface area contributed by atoms with Crippen LogP contribution in [0.25, 0.3) is 0 Å². The van der Waals surface area contributed by atoms with Crippen molar-refractivity contribution in [3.05, 3.63) is 60.8 Å². The van der Waals surface area contributed by atoms with Crippen LogP contribution in [0.2, 0.25) is 16.6 Å². The first-order valence-corrected chi connectivity index (χ1v) is 37.0. The predicted octanol–water partition coefficient (Wildman–Crippen LogP) is 13.1. The molecule has 7 aliphatic carbocycles. The number of amides is 6. The van der Waals surface area contributed by atoms with Crippen LogP contribution in [0.15, 0.2) is 60.8 Å². The lowest BCUT2D eigenvalue weighted by atomic mass is 9.63. The highest BCUT2D eigenvalue weighted by molar-refractivity contribution is 6.62. The summed E-state index contributed by atoms with van der Waals surface area (Å²) in [5.74, 6) is 4.11. The van der Waals surface area contributed by atoms with Crippen molar-refractivity contribution in [3.8, 4) is 0 Å². The highest BCUT2D eigenvalue weighted by Crippen LogP contribution is 2.50. The van der Waals surface area contributed by atoms with Gasteiger partial charge >= 0.3 is 26.4 Å². The Labute approximate surface area is 533 Å². The van der Waals surface area contributed by atoms with Gasteiger partial charge in [-0.1, -0.05) is 173 Å². The van der Waals surface area contributed by atoms with E-state index in [1.165, 1.54) is 35.4 Å². The van der Waals surface area contributed by atoms with Gasteiger partial charge in [-0.3, -0.25) is 43.5 Å². The molecule has 2 saturated heterocycles. The van der Waals surface area contributed by atoms with Crippen molar-refractivity contribution in [2.75, 3.05) is 85.1 Å². The molecule has 0 aromatic heterocycles. The molecule has 506 valence electrons. The Bertz CT molecular complexity index is 1890. The van der Waals surface area contributed by atoms with E-state index in [1.807, 2.05) is 69.2 Å². The zero-order valence-corrected chi connectivity index (χ0v) is 62.9. The van der Waals surface area contributed by atoms with Crippen LogP contribution >= 0.6 is 0 Å². The number of imide groups is 3. The van der Waals surface area contributed by atoms with Crippen LogP contribution in [0.5, 0.6) is 0 Å². The summed E-state index contributed by atoms with van der Waals surface area (Å²) in [4.78, 5) is 71.8. The fourth-order valence-electron chi connectivity index (χ4n) is 10.9. The van der Waals surface area contributed by atoms with Crippen molar-refractivity contribution in [2.45, 2.75) is 173 Å². The molecule has 6 amide bonds. The van der Waals surface area contributed by atoms with E-state index in [-0.39, 0.29) is 59.1 Å². The zero-order chi connectivity index (χ0) is 68.3. The molecule has 9 atom stereocenters. The van der Waals surface area contributed by atoms with Gasteiger partial charge in [-0.25, -0.2) is 0 Å². The van der Waals surface area contributed by atoms with Gasteiger partial charge < -0.3 is 39.8 Å². The molecule has 87 heavy (non-hydrogen) atoms. The van der Waals surface area contributed by atoms with E-state index in [9.17, 15) is 28.8 Å². The summed E-state index contributed by atoms with van der Waals surface area (Å²) in [6.07, 6.45) is 25.4. The molecular formula is C66H125N3O15Si3. The predicted molar refractivity (Wildman–Crippen MR) is 358 cm³/mol. The molecule has 9 unspecified atom stereocenters. The molecule has 0 radical (unpaired) electrons. The number of hydrogen-bond donors (Lipinski definition) is 0. The van der Waals surface area contributed by atoms with Crippen molar-refractivity contribution in [3.63, 3.8) is 0 Å². The van der Waals surface area contributed by atoms with Crippen LogP contribution in [-0.4, -0.2) is 162 Å². The summed E-state index contributed by atoms with van der Waals surface area (Å²) in [7, 11) is 12.4. The van der Waals surface area contributed by atoms with E-state index >= 15 is 0 Å². The number of likely N-dealkylation sites (N-methyl/N-ethyl adjacent to an activating group) is 1. The lowest BCUT2D eigenvalue weighted by Crippen LogP contribution is -2.45. The van der Waals surface area contributed by atoms with Crippen molar-refractivity contribution in [2.24, 2.45) is 71.0 Å². The van der Waals surface area contributed by atoms with Gasteiger partial charge in [0.1, 0.15) is 0 Å². The number of hydrogen-bond acceptors (Lipinski definition) is 15. The molecule has 18 nitrogen and oxygen atoms in total. The van der Waals surface area contributed by atoms with Gasteiger partial charge in [0, 0.05) is 114 Å². The Morgan fingerprint density at radius 1 is 0.368 bits per heavy atom. The van der Waals surface area contributed by atoms with E-state index in [4.69, 9.17) is 39.8 Å². The van der Waals surface area contributed by atoms with E-state index < -0.39 is 26.4 Å². The van der Waals surface area contributed by atoms with Gasteiger partial charge in [0.15, 0.2) is 0 Å². The lowest BCUT2D eigenvalue weighted by Gasteiger charge is -2.38. The largest absolute Gasteiger partial charge is 0.502 e. The van der Waals surface area contributed by atoms with Gasteiger partial charge in [0.25, 0.3) is 11.8 Å². The topological polar surface area (TPSA) is 195 Å². The molecule has 21 heteroatoms. The molecule has 4 bridgehead atoms. The number of carbonyl (C=O) groups is 6. The van der Waals surface area contributed by atoms with Crippen molar-refractivity contribution >= 4 is 61.9 Å². The summed E-state index contributed by atoms with van der Waals surface area (Å²) >= 11 is 0. The number of nitrogens with zero attached hydrogens (tertiary/aromatic N) is 3. The second-order valence-corrected chi connectivity index (χ2v) is 35.0. The Morgan fingerprint density at radius 3 is 0.690 bits per heavy atom. The van der Waals surface area contributed by atoms with Crippen LogP contribution in [0.3, 0.4) is 0 Å². The maximum atomic E-state index is 11.8. The highest BCUT2D eigenvalue weighted by Gasteiger charge is 2.56. The minimum absolute atomic E-state index is 0.0312. The molecule has 10 aliphatic rings. The normalized spacial score (nSPS) is 24.0. The summed E-state index contributed by atoms with van der Waals surface area (Å²) < 4.78 is 46.7. The van der Waals surface area contributed by atoms with Crippen LogP contribution < -0.4 is 0 Å². The average molecular weight is 1280 g/mol. The van der Waals surface area contributed by atoms with Gasteiger partial charge in [-0.15, -0.1) is 0 Å². The van der Waals surface area contributed by atoms with E-state index in [2.05, 4.69) is 104 Å². The fourth-order valence-corrected chi connectivity index (χ4v) is 16.6. The first kappa shape index (κ1) is 87.6. The quantitative estimate of drug-likeness (QED) is 0.0959. The zero-order valence-electron chi connectivity index (χ0n) is 59.9. The van der Waals surface area contributed by atoms with E-state index in [0.29, 0.717) is 40.3 Å². The first-order valence-electron chi connectivity index (χ1n) is 31.5. The van der Waals surface area contributed by atoms with Gasteiger partial charge in [0.2, 0.25) is 23.6 Å². The van der Waals surface area contributed by atoms with Crippen molar-refractivity contribution in [1.82, 2.24) is 14.7 Å². The molecule has 10 rings (SSSR count). The molecular weight excluding hydrogens is 1160 g/mol. The third kappa shape index (κ3) is 26.3. The van der Waals surface area contributed by atoms with Crippen LogP contribution in [-0.2, 0) is 68.6 Å². The van der Waals surface area contributed by atoms with Gasteiger partial charge in [-0.2, -0.15) is 0 Å². The number of rotatable bonds is 13. The van der Waals surface area contributed by atoms with Gasteiger partial charge in [-0.05, 0) is 79.4 Å². The average Bonchev–Trinajstić information content (AvgIpc) is 1.67. The maximum Gasteiger partial charge on any atom is 0.502 e. The van der Waals surface area contributed by atoms with Crippen molar-refractivity contribution in [1.29, 1.82) is 0 Å². The lowest BCUT2D eigenvalue weighted by molar-refractivity contribution is -0.140. The SMILES string of the molecule is CC.CC.CC(C)C.CC(C)C.CC(C)C1C=CC=CC1.CN1C(=O)C2C3C=CC(CC3)C2C1=O.CN1C(=O)C2C3C=CC(CC3)C2C1=O.CN1C(=O)C=CC1=O.CO[Si](OC)(OC)C(C)C.CO[Si](OC)(OC)C(C)C.CO[Si](OC)(OC)C(C)C. The molecule has 3 aliphatic heterocycles. The van der Waals surface area contributed by atoms with E-state index in [0.717, 1.165) is 54.3 Å². The molecule has 0 aromatic rings. The van der Waals surface area contributed by atoms with Crippen LogP contribution in [0, 0.1) is 71.0 Å². The molecule has 0 aromatic carbocycles. The summed E-state index contributed by atoms with van der Waals surface area (Å²) in [6, 6.07) is 0. The highest BCUT2D eigenvalue weighted by atomic mass is 28.4. The Kier molecular flexibility index (Phi) is 45.1. The Morgan fingerprint density at radius 2 is 0.586 bits per heavy atom. The third-order valence-corrected chi connectivity index (χ3v) is 24.9. The number of fused-ring (bicyclic) bond motifs is 2. The number of carbonyl (C=O) groups excluding carboxylic acids is 6. The summed E-state index contributed by atoms with van der Waals surface area (Å²) in [5, 5.41) is 0. The molecule has 2 saturated carbocycles. The fraction of sp³-hybridized carbons (Fsp3) is 0.758. The standard InChI is InChI=1S/2C11H13NO2.C9H14.3C6H16O3Si.C5H5NO2.2C4H10.2C2H6/c2*1-12-10(13)8-6-2-3-7(5-4-6)9(8)11(12)14;1-8(2)9-6-4-3-5-7-9;3*1-6(2)10(7-3,8-4)9-5;1-6-4(7)2-3-5(6)8;2*1-4(2)3;2*1-2/h2*2-3,6-9H,4-5H2,1H3;3-6,8-9H,7H2,1-2H3;3*6H,1-5H3;2-3H,1H3;2*4H,1-3H3;2*1-2H3. The smallest absolute Gasteiger partial charge is 0.377 e. The minimum Gasteiger partial charge on any atom is -0.377 e. The summed E-state index contributed by atoms with van der Waals surface area (Å²) in [5.41, 5.74) is 0.937. The summed E-state index contributed by atoms with van der Waals surface area (Å²) in [6.45, 7) is 37.7. The second-order valence-electron chi connectivity index (χ2n) is 24.3. The first-order chi connectivity index (χ1) is 40.8. The maximum absolute atomic E-state index is 11.8. The van der Waals surface area contributed by atoms with Crippen LogP contribution in [0.1, 0.15) is 157 Å². The number of allylic oxidation sites excluding steroid dienone is 8. The van der Waals surface area contributed by atoms with E-state index in [1.54, 1.807) is 78.1 Å². The van der Waals surface area contributed by atoms with Crippen LogP contribution in [0.4, 0.5) is 0 Å². The molecule has 0 spiro atoms. The number of likely N-dealkylation sites (tertiary alicyclic amines) is 2. The third-order valence-electron chi connectivity index (χ3n) is 15.5. The molecule has 0 N–H and O–H groups in total.